The number of allylic oxidation sites excluding steroid dienone is 10. The van der Waals surface area contributed by atoms with E-state index in [9.17, 15) is 0 Å². The maximum absolute atomic E-state index is 5.76. The van der Waals surface area contributed by atoms with Crippen molar-refractivity contribution in [2.45, 2.75) is 49.4 Å². The maximum Gasteiger partial charge on any atom is 0.0575 e. The van der Waals surface area contributed by atoms with Crippen molar-refractivity contribution in [3.8, 4) is 22.3 Å². The van der Waals surface area contributed by atoms with Crippen LogP contribution in [0.1, 0.15) is 77.3 Å². The third kappa shape index (κ3) is 3.66. The SMILES string of the molecule is C1=CCC2=C(C=C1)c1c(c3c(c4ccccc14)C14CC1c1ccccc1-c1cccc-3c14)C(C1C(c3cccc4c3sc3ccccc34)=NC3=C1C=CCC3)C2. The van der Waals surface area contributed by atoms with Crippen molar-refractivity contribution in [1.29, 1.82) is 0 Å². The van der Waals surface area contributed by atoms with Gasteiger partial charge in [0.1, 0.15) is 0 Å². The summed E-state index contributed by atoms with van der Waals surface area (Å²) < 4.78 is 2.73. The van der Waals surface area contributed by atoms with Crippen LogP contribution in [0.5, 0.6) is 0 Å². The molecule has 0 bridgehead atoms. The van der Waals surface area contributed by atoms with Gasteiger partial charge in [-0.2, -0.15) is 0 Å². The molecule has 6 aromatic carbocycles. The fourth-order valence-electron chi connectivity index (χ4n) is 12.5. The zero-order valence-electron chi connectivity index (χ0n) is 31.0. The molecule has 4 atom stereocenters. The van der Waals surface area contributed by atoms with E-state index in [0.29, 0.717) is 5.92 Å². The molecule has 1 fully saturated rings. The van der Waals surface area contributed by atoms with Gasteiger partial charge in [0.05, 0.1) is 5.71 Å². The number of nitrogens with zero attached hydrogens (tertiary/aromatic N) is 1. The fraction of sp³-hybridized carbons (Fsp3) is 0.167. The minimum atomic E-state index is 0.0226. The van der Waals surface area contributed by atoms with Crippen LogP contribution in [0.15, 0.2) is 167 Å². The quantitative estimate of drug-likeness (QED) is 0.168. The van der Waals surface area contributed by atoms with E-state index in [1.807, 2.05) is 11.3 Å². The lowest BCUT2D eigenvalue weighted by molar-refractivity contribution is 0.589. The lowest BCUT2D eigenvalue weighted by atomic mass is 9.65. The number of aliphatic imine (C=N–C) groups is 1. The highest BCUT2D eigenvalue weighted by atomic mass is 32.1. The molecule has 7 aromatic rings. The van der Waals surface area contributed by atoms with E-state index in [1.165, 1.54) is 93.3 Å². The topological polar surface area (TPSA) is 12.4 Å². The van der Waals surface area contributed by atoms with Crippen LogP contribution in [0, 0.1) is 5.92 Å². The summed E-state index contributed by atoms with van der Waals surface area (Å²) in [5.74, 6) is 0.915. The van der Waals surface area contributed by atoms with Crippen LogP contribution in [0.2, 0.25) is 0 Å². The van der Waals surface area contributed by atoms with Crippen molar-refractivity contribution in [2.75, 3.05) is 0 Å². The molecule has 2 heteroatoms. The Morgan fingerprint density at radius 1 is 0.643 bits per heavy atom. The van der Waals surface area contributed by atoms with E-state index in [2.05, 4.69) is 146 Å². The van der Waals surface area contributed by atoms with Crippen LogP contribution in [0.25, 0.3) is 58.8 Å². The Hall–Kier alpha value is -5.83. The lowest BCUT2D eigenvalue weighted by Gasteiger charge is -2.37. The van der Waals surface area contributed by atoms with E-state index in [-0.39, 0.29) is 17.3 Å². The Balaban J connectivity index is 1.10. The van der Waals surface area contributed by atoms with Gasteiger partial charge in [-0.25, -0.2) is 0 Å². The molecule has 7 aliphatic rings. The summed E-state index contributed by atoms with van der Waals surface area (Å²) in [7, 11) is 0. The average Bonchev–Trinajstić information content (AvgIpc) is 3.69. The van der Waals surface area contributed by atoms with E-state index >= 15 is 0 Å². The first kappa shape index (κ1) is 30.4. The summed E-state index contributed by atoms with van der Waals surface area (Å²) in [5, 5.41) is 5.58. The molecule has 14 rings (SSSR count). The van der Waals surface area contributed by atoms with E-state index < -0.39 is 0 Å². The van der Waals surface area contributed by atoms with Crippen molar-refractivity contribution in [3.63, 3.8) is 0 Å². The van der Waals surface area contributed by atoms with E-state index in [1.54, 1.807) is 27.8 Å². The molecule has 6 aliphatic carbocycles. The number of hydrogen-bond donors (Lipinski definition) is 0. The first-order valence-corrected chi connectivity index (χ1v) is 21.4. The van der Waals surface area contributed by atoms with Gasteiger partial charge in [0.15, 0.2) is 0 Å². The van der Waals surface area contributed by atoms with Gasteiger partial charge < -0.3 is 0 Å². The van der Waals surface area contributed by atoms with E-state index in [0.717, 1.165) is 25.7 Å². The Morgan fingerprint density at radius 3 is 2.39 bits per heavy atom. The third-order valence-corrected chi connectivity index (χ3v) is 15.8. The molecule has 0 amide bonds. The van der Waals surface area contributed by atoms with Gasteiger partial charge in [-0.05, 0) is 116 Å². The molecule has 0 radical (unpaired) electrons. The molecule has 1 nitrogen and oxygen atoms in total. The second kappa shape index (κ2) is 10.7. The Bertz CT molecular complexity index is 3190. The summed E-state index contributed by atoms with van der Waals surface area (Å²) >= 11 is 1.94. The maximum atomic E-state index is 5.76. The molecule has 2 heterocycles. The Morgan fingerprint density at radius 2 is 1.43 bits per heavy atom. The number of hydrogen-bond acceptors (Lipinski definition) is 2. The number of benzene rings is 6. The highest BCUT2D eigenvalue weighted by molar-refractivity contribution is 7.26. The third-order valence-electron chi connectivity index (χ3n) is 14.6. The van der Waals surface area contributed by atoms with Crippen molar-refractivity contribution in [2.24, 2.45) is 10.9 Å². The lowest BCUT2D eigenvalue weighted by Crippen LogP contribution is -2.27. The number of fused-ring (bicyclic) bond motifs is 14. The molecule has 1 aliphatic heterocycles. The minimum Gasteiger partial charge on any atom is -0.256 e. The normalized spacial score (nSPS) is 24.4. The molecule has 4 unspecified atom stereocenters. The summed E-state index contributed by atoms with van der Waals surface area (Å²) in [6, 6.07) is 42.0. The van der Waals surface area contributed by atoms with Gasteiger partial charge in [-0.1, -0.05) is 145 Å². The van der Waals surface area contributed by atoms with Crippen LogP contribution < -0.4 is 0 Å². The minimum absolute atomic E-state index is 0.0226. The molecule has 56 heavy (non-hydrogen) atoms. The largest absolute Gasteiger partial charge is 0.256 e. The Kier molecular flexibility index (Phi) is 5.82. The standard InChI is InChI=1S/C54H37NS/c1-2-14-30-28-42(47-39-21-8-10-26-44(39)55-52(47)41-25-13-23-38-34-18-9-11-27-45(34)56-53(38)41)48-46(31(30)15-3-1)35-19-6-7-20-37(35)51-49(48)40-24-12-22-36-32-16-4-5-17-33(32)43-29-54(43,51)50(36)40/h1-9,11-13,15-25,27,42-43,47H,10,14,26,28-29H2. The zero-order chi connectivity index (χ0) is 36.3. The van der Waals surface area contributed by atoms with Gasteiger partial charge in [0, 0.05) is 48.7 Å². The number of thiophene rings is 1. The van der Waals surface area contributed by atoms with Crippen molar-refractivity contribution in [3.05, 3.63) is 196 Å². The van der Waals surface area contributed by atoms with Gasteiger partial charge >= 0.3 is 0 Å². The highest BCUT2D eigenvalue weighted by Crippen LogP contribution is 2.77. The molecule has 1 aromatic heterocycles. The van der Waals surface area contributed by atoms with Crippen molar-refractivity contribution < 1.29 is 0 Å². The van der Waals surface area contributed by atoms with Gasteiger partial charge in [0.2, 0.25) is 0 Å². The Labute approximate surface area is 330 Å². The first-order chi connectivity index (χ1) is 27.8. The van der Waals surface area contributed by atoms with Crippen LogP contribution in [0.4, 0.5) is 0 Å². The van der Waals surface area contributed by atoms with Crippen molar-refractivity contribution >= 4 is 53.6 Å². The molecule has 1 spiro atoms. The summed E-state index contributed by atoms with van der Waals surface area (Å²) in [4.78, 5) is 5.76. The van der Waals surface area contributed by atoms with Gasteiger partial charge in [-0.3, -0.25) is 4.99 Å². The first-order valence-electron chi connectivity index (χ1n) is 20.6. The molecular formula is C54H37NS. The zero-order valence-corrected chi connectivity index (χ0v) is 31.8. The molecular weight excluding hydrogens is 695 g/mol. The average molecular weight is 732 g/mol. The monoisotopic (exact) mass is 731 g/mol. The van der Waals surface area contributed by atoms with Crippen LogP contribution in [0.3, 0.4) is 0 Å². The molecule has 0 saturated heterocycles. The number of rotatable bonds is 2. The molecule has 0 N–H and O–H groups in total. The second-order valence-corrected chi connectivity index (χ2v) is 18.1. The highest BCUT2D eigenvalue weighted by Gasteiger charge is 2.66. The van der Waals surface area contributed by atoms with Crippen LogP contribution in [-0.4, -0.2) is 5.71 Å². The fourth-order valence-corrected chi connectivity index (χ4v) is 13.7. The summed E-state index contributed by atoms with van der Waals surface area (Å²) in [5.41, 5.74) is 22.1. The predicted molar refractivity (Wildman–Crippen MR) is 235 cm³/mol. The van der Waals surface area contributed by atoms with Crippen molar-refractivity contribution in [1.82, 2.24) is 0 Å². The molecule has 264 valence electrons. The summed E-state index contributed by atoms with van der Waals surface area (Å²) in [6.07, 6.45) is 19.5. The second-order valence-electron chi connectivity index (χ2n) is 17.0. The van der Waals surface area contributed by atoms with Gasteiger partial charge in [-0.15, -0.1) is 11.3 Å². The summed E-state index contributed by atoms with van der Waals surface area (Å²) in [6.45, 7) is 0. The van der Waals surface area contributed by atoms with Gasteiger partial charge in [0.25, 0.3) is 0 Å². The molecule has 1 saturated carbocycles. The van der Waals surface area contributed by atoms with Crippen LogP contribution in [-0.2, 0) is 5.41 Å². The smallest absolute Gasteiger partial charge is 0.0575 e. The van der Waals surface area contributed by atoms with E-state index in [4.69, 9.17) is 4.99 Å². The predicted octanol–water partition coefficient (Wildman–Crippen LogP) is 14.1. The van der Waals surface area contributed by atoms with Crippen LogP contribution >= 0.6 is 11.3 Å².